The molecule has 2 N–H and O–H groups in total. The largest absolute Gasteiger partial charge is 0.468 e. The molecule has 1 aliphatic carbocycles. The van der Waals surface area contributed by atoms with Crippen LogP contribution in [0.15, 0.2) is 0 Å². The number of rotatable bonds is 5. The molecule has 1 rings (SSSR count). The molecule has 0 saturated heterocycles. The number of hydrogen-bond acceptors (Lipinski definition) is 4. The molecule has 0 amide bonds. The first-order valence-corrected chi connectivity index (χ1v) is 6.02. The molecule has 0 bridgehead atoms. The Morgan fingerprint density at radius 3 is 2.44 bits per heavy atom. The van der Waals surface area contributed by atoms with Crippen molar-refractivity contribution in [2.75, 3.05) is 13.7 Å². The standard InChI is InChI=1S/C12H23NO3/c1-9(2)10(11(14)16-3)13-8-12(15)6-4-5-7-12/h9-10,13,15H,4-8H2,1-3H3. The van der Waals surface area contributed by atoms with E-state index in [1.165, 1.54) is 7.11 Å². The van der Waals surface area contributed by atoms with Crippen molar-refractivity contribution in [3.63, 3.8) is 0 Å². The number of aliphatic hydroxyl groups is 1. The summed E-state index contributed by atoms with van der Waals surface area (Å²) in [5.74, 6) is -0.0888. The Morgan fingerprint density at radius 1 is 1.44 bits per heavy atom. The van der Waals surface area contributed by atoms with Crippen LogP contribution in [0.1, 0.15) is 39.5 Å². The Hall–Kier alpha value is -0.610. The summed E-state index contributed by atoms with van der Waals surface area (Å²) in [5, 5.41) is 13.3. The lowest BCUT2D eigenvalue weighted by atomic mass is 9.99. The van der Waals surface area contributed by atoms with E-state index < -0.39 is 5.60 Å². The van der Waals surface area contributed by atoms with Crippen molar-refractivity contribution >= 4 is 5.97 Å². The molecular weight excluding hydrogens is 206 g/mol. The van der Waals surface area contributed by atoms with E-state index in [2.05, 4.69) is 5.32 Å². The summed E-state index contributed by atoms with van der Waals surface area (Å²) >= 11 is 0. The fourth-order valence-corrected chi connectivity index (χ4v) is 2.23. The summed E-state index contributed by atoms with van der Waals surface area (Å²) in [4.78, 5) is 11.5. The van der Waals surface area contributed by atoms with Crippen molar-refractivity contribution in [1.29, 1.82) is 0 Å². The third kappa shape index (κ3) is 3.46. The van der Waals surface area contributed by atoms with Gasteiger partial charge in [0.25, 0.3) is 0 Å². The van der Waals surface area contributed by atoms with Crippen LogP contribution in [0.25, 0.3) is 0 Å². The van der Waals surface area contributed by atoms with Gasteiger partial charge in [-0.25, -0.2) is 0 Å². The number of ether oxygens (including phenoxy) is 1. The van der Waals surface area contributed by atoms with Gasteiger partial charge in [0.1, 0.15) is 6.04 Å². The Bertz CT molecular complexity index is 234. The Morgan fingerprint density at radius 2 is 2.00 bits per heavy atom. The molecule has 0 aromatic carbocycles. The molecule has 0 aliphatic heterocycles. The van der Waals surface area contributed by atoms with Gasteiger partial charge >= 0.3 is 5.97 Å². The predicted molar refractivity (Wildman–Crippen MR) is 62.1 cm³/mol. The molecule has 0 aromatic heterocycles. The van der Waals surface area contributed by atoms with E-state index in [4.69, 9.17) is 4.74 Å². The molecule has 1 unspecified atom stereocenters. The van der Waals surface area contributed by atoms with Gasteiger partial charge in [-0.2, -0.15) is 0 Å². The third-order valence-electron chi connectivity index (χ3n) is 3.31. The van der Waals surface area contributed by atoms with Crippen molar-refractivity contribution in [2.24, 2.45) is 5.92 Å². The normalized spacial score (nSPS) is 21.1. The van der Waals surface area contributed by atoms with E-state index >= 15 is 0 Å². The summed E-state index contributed by atoms with van der Waals surface area (Å²) in [6.45, 7) is 4.41. The van der Waals surface area contributed by atoms with Crippen LogP contribution >= 0.6 is 0 Å². The monoisotopic (exact) mass is 229 g/mol. The van der Waals surface area contributed by atoms with Gasteiger partial charge in [0.2, 0.25) is 0 Å². The number of hydrogen-bond donors (Lipinski definition) is 2. The fraction of sp³-hybridized carbons (Fsp3) is 0.917. The first kappa shape index (κ1) is 13.5. The SMILES string of the molecule is COC(=O)C(NCC1(O)CCCC1)C(C)C. The van der Waals surface area contributed by atoms with Crippen LogP contribution in [0.3, 0.4) is 0 Å². The van der Waals surface area contributed by atoms with Gasteiger partial charge in [-0.15, -0.1) is 0 Å². The second-order valence-corrected chi connectivity index (χ2v) is 5.06. The lowest BCUT2D eigenvalue weighted by Gasteiger charge is -2.27. The maximum Gasteiger partial charge on any atom is 0.323 e. The highest BCUT2D eigenvalue weighted by molar-refractivity contribution is 5.75. The number of carbonyl (C=O) groups excluding carboxylic acids is 1. The average Bonchev–Trinajstić information content (AvgIpc) is 2.65. The van der Waals surface area contributed by atoms with Crippen molar-refractivity contribution in [3.05, 3.63) is 0 Å². The third-order valence-corrected chi connectivity index (χ3v) is 3.31. The van der Waals surface area contributed by atoms with Crippen molar-refractivity contribution in [1.82, 2.24) is 5.32 Å². The topological polar surface area (TPSA) is 58.6 Å². The summed E-state index contributed by atoms with van der Waals surface area (Å²) in [6, 6.07) is -0.324. The molecule has 4 nitrogen and oxygen atoms in total. The van der Waals surface area contributed by atoms with E-state index in [9.17, 15) is 9.90 Å². The van der Waals surface area contributed by atoms with Crippen LogP contribution in [0.4, 0.5) is 0 Å². The molecule has 4 heteroatoms. The molecular formula is C12H23NO3. The lowest BCUT2D eigenvalue weighted by molar-refractivity contribution is -0.144. The summed E-state index contributed by atoms with van der Waals surface area (Å²) in [6.07, 6.45) is 3.80. The first-order chi connectivity index (χ1) is 7.48. The van der Waals surface area contributed by atoms with Gasteiger partial charge in [0.15, 0.2) is 0 Å². The van der Waals surface area contributed by atoms with Gasteiger partial charge in [0.05, 0.1) is 12.7 Å². The van der Waals surface area contributed by atoms with E-state index in [0.29, 0.717) is 6.54 Å². The zero-order valence-corrected chi connectivity index (χ0v) is 10.5. The molecule has 1 saturated carbocycles. The minimum Gasteiger partial charge on any atom is -0.468 e. The van der Waals surface area contributed by atoms with Crippen LogP contribution in [0.2, 0.25) is 0 Å². The quantitative estimate of drug-likeness (QED) is 0.693. The molecule has 0 radical (unpaired) electrons. The van der Waals surface area contributed by atoms with Gasteiger partial charge < -0.3 is 15.2 Å². The van der Waals surface area contributed by atoms with Crippen molar-refractivity contribution < 1.29 is 14.6 Å². The molecule has 0 heterocycles. The zero-order chi connectivity index (χ0) is 12.2. The van der Waals surface area contributed by atoms with Crippen LogP contribution in [-0.4, -0.2) is 36.4 Å². The smallest absolute Gasteiger partial charge is 0.323 e. The second kappa shape index (κ2) is 5.64. The van der Waals surface area contributed by atoms with Gasteiger partial charge in [-0.05, 0) is 18.8 Å². The molecule has 0 aromatic rings. The summed E-state index contributed by atoms with van der Waals surface area (Å²) in [5.41, 5.74) is -0.624. The Balaban J connectivity index is 2.46. The maximum absolute atomic E-state index is 11.5. The predicted octanol–water partition coefficient (Wildman–Crippen LogP) is 1.08. The van der Waals surface area contributed by atoms with Crippen LogP contribution < -0.4 is 5.32 Å². The minimum absolute atomic E-state index is 0.164. The van der Waals surface area contributed by atoms with Gasteiger partial charge in [-0.3, -0.25) is 4.79 Å². The molecule has 0 spiro atoms. The molecule has 1 aliphatic rings. The van der Waals surface area contributed by atoms with Crippen LogP contribution in [0.5, 0.6) is 0 Å². The second-order valence-electron chi connectivity index (χ2n) is 5.06. The molecule has 1 atom stereocenters. The van der Waals surface area contributed by atoms with E-state index in [1.54, 1.807) is 0 Å². The first-order valence-electron chi connectivity index (χ1n) is 6.02. The Kier molecular flexibility index (Phi) is 4.74. The van der Waals surface area contributed by atoms with E-state index in [0.717, 1.165) is 25.7 Å². The van der Waals surface area contributed by atoms with Gasteiger partial charge in [-0.1, -0.05) is 26.7 Å². The average molecular weight is 229 g/mol. The number of nitrogens with one attached hydrogen (secondary N) is 1. The van der Waals surface area contributed by atoms with Gasteiger partial charge in [0, 0.05) is 6.54 Å². The Labute approximate surface area is 97.4 Å². The lowest BCUT2D eigenvalue weighted by Crippen LogP contribution is -2.48. The summed E-state index contributed by atoms with van der Waals surface area (Å²) < 4.78 is 4.74. The molecule has 1 fully saturated rings. The van der Waals surface area contributed by atoms with E-state index in [-0.39, 0.29) is 17.9 Å². The summed E-state index contributed by atoms with van der Waals surface area (Å²) in [7, 11) is 1.39. The molecule has 94 valence electrons. The number of methoxy groups -OCH3 is 1. The highest BCUT2D eigenvalue weighted by Crippen LogP contribution is 2.28. The van der Waals surface area contributed by atoms with Crippen molar-refractivity contribution in [3.8, 4) is 0 Å². The minimum atomic E-state index is -0.624. The molecule has 16 heavy (non-hydrogen) atoms. The number of esters is 1. The maximum atomic E-state index is 11.5. The highest BCUT2D eigenvalue weighted by atomic mass is 16.5. The fourth-order valence-electron chi connectivity index (χ4n) is 2.23. The van der Waals surface area contributed by atoms with Crippen molar-refractivity contribution in [2.45, 2.75) is 51.2 Å². The van der Waals surface area contributed by atoms with Crippen LogP contribution in [-0.2, 0) is 9.53 Å². The number of carbonyl (C=O) groups is 1. The zero-order valence-electron chi connectivity index (χ0n) is 10.5. The van der Waals surface area contributed by atoms with Crippen LogP contribution in [0, 0.1) is 5.92 Å². The highest BCUT2D eigenvalue weighted by Gasteiger charge is 2.33. The van der Waals surface area contributed by atoms with E-state index in [1.807, 2.05) is 13.8 Å².